The van der Waals surface area contributed by atoms with Crippen molar-refractivity contribution in [3.8, 4) is 0 Å². The normalized spacial score (nSPS) is 11.3. The minimum atomic E-state index is 0.418. The van der Waals surface area contributed by atoms with Gasteiger partial charge in [0.15, 0.2) is 0 Å². The molecule has 0 radical (unpaired) electrons. The van der Waals surface area contributed by atoms with Crippen LogP contribution in [0.15, 0.2) is 5.18 Å². The van der Waals surface area contributed by atoms with Crippen LogP contribution in [0.2, 0.25) is 0 Å². The first kappa shape index (κ1) is 15.5. The molecular weight excluding hydrogens is 202 g/mol. The van der Waals surface area contributed by atoms with Crippen molar-refractivity contribution in [2.24, 2.45) is 5.18 Å². The monoisotopic (exact) mass is 229 g/mol. The van der Waals surface area contributed by atoms with Crippen molar-refractivity contribution < 1.29 is 0 Å². The van der Waals surface area contributed by atoms with Crippen LogP contribution < -0.4 is 0 Å². The topological polar surface area (TPSA) is 35.9 Å². The van der Waals surface area contributed by atoms with Crippen molar-refractivity contribution in [2.45, 2.75) is 32.6 Å². The third-order valence-corrected chi connectivity index (χ3v) is 2.70. The third-order valence-electron chi connectivity index (χ3n) is 2.70. The Labute approximate surface area is 100.0 Å². The molecule has 0 spiro atoms. The molecule has 0 N–H and O–H groups in total. The van der Waals surface area contributed by atoms with Crippen molar-refractivity contribution in [3.05, 3.63) is 4.91 Å². The lowest BCUT2D eigenvalue weighted by atomic mass is 10.2. The van der Waals surface area contributed by atoms with E-state index in [-0.39, 0.29) is 0 Å². The predicted molar refractivity (Wildman–Crippen MR) is 69.8 cm³/mol. The van der Waals surface area contributed by atoms with Crippen LogP contribution in [0.5, 0.6) is 0 Å². The van der Waals surface area contributed by atoms with E-state index in [4.69, 9.17) is 0 Å². The molecule has 0 aliphatic heterocycles. The van der Waals surface area contributed by atoms with Crippen molar-refractivity contribution in [2.75, 3.05) is 46.8 Å². The average Bonchev–Trinajstić information content (AvgIpc) is 2.26. The van der Waals surface area contributed by atoms with Crippen molar-refractivity contribution in [3.63, 3.8) is 0 Å². The third kappa shape index (κ3) is 10.1. The molecule has 0 aliphatic carbocycles. The van der Waals surface area contributed by atoms with E-state index in [9.17, 15) is 4.91 Å². The maximum atomic E-state index is 10.1. The highest BCUT2D eigenvalue weighted by Gasteiger charge is 2.04. The molecule has 0 heterocycles. The summed E-state index contributed by atoms with van der Waals surface area (Å²) in [6.45, 7) is 6.63. The summed E-state index contributed by atoms with van der Waals surface area (Å²) in [5.41, 5.74) is 0. The Balaban J connectivity index is 3.66. The fraction of sp³-hybridized carbons (Fsp3) is 1.00. The van der Waals surface area contributed by atoms with Gasteiger partial charge in [-0.05, 0) is 27.1 Å². The number of nitroso groups, excluding NO2 is 1. The summed E-state index contributed by atoms with van der Waals surface area (Å²) >= 11 is 0. The zero-order valence-electron chi connectivity index (χ0n) is 11.1. The van der Waals surface area contributed by atoms with Crippen LogP contribution in [0.25, 0.3) is 0 Å². The summed E-state index contributed by atoms with van der Waals surface area (Å²) in [5, 5.41) is 2.94. The summed E-state index contributed by atoms with van der Waals surface area (Å²) in [4.78, 5) is 14.7. The Morgan fingerprint density at radius 1 is 0.938 bits per heavy atom. The molecule has 96 valence electrons. The van der Waals surface area contributed by atoms with E-state index in [2.05, 4.69) is 36.0 Å². The maximum Gasteiger partial charge on any atom is 0.0938 e. The zero-order valence-corrected chi connectivity index (χ0v) is 11.1. The lowest BCUT2D eigenvalue weighted by Gasteiger charge is -2.22. The molecule has 0 saturated carbocycles. The fourth-order valence-corrected chi connectivity index (χ4v) is 1.62. The van der Waals surface area contributed by atoms with Gasteiger partial charge < -0.3 is 9.80 Å². The average molecular weight is 229 g/mol. The van der Waals surface area contributed by atoms with Crippen LogP contribution in [0.3, 0.4) is 0 Å². The Kier molecular flexibility index (Phi) is 10.7. The minimum absolute atomic E-state index is 0.418. The van der Waals surface area contributed by atoms with E-state index in [1.54, 1.807) is 0 Å². The van der Waals surface area contributed by atoms with Gasteiger partial charge in [-0.25, -0.2) is 0 Å². The first-order chi connectivity index (χ1) is 7.70. The standard InChI is InChI=1S/C12H27N3O/c1-4-5-6-7-9-15(10-8-13-16)12-11-14(2)3/h4-12H2,1-3H3. The summed E-state index contributed by atoms with van der Waals surface area (Å²) < 4.78 is 0. The van der Waals surface area contributed by atoms with Gasteiger partial charge in [-0.3, -0.25) is 0 Å². The first-order valence-corrected chi connectivity index (χ1v) is 6.37. The SMILES string of the molecule is CCCCCCN(CCN=O)CCN(C)C. The molecule has 0 rings (SSSR count). The lowest BCUT2D eigenvalue weighted by molar-refractivity contribution is 0.241. The van der Waals surface area contributed by atoms with Gasteiger partial charge in [0.1, 0.15) is 0 Å². The second-order valence-electron chi connectivity index (χ2n) is 4.56. The molecule has 0 aromatic rings. The van der Waals surface area contributed by atoms with Crippen molar-refractivity contribution in [1.82, 2.24) is 9.80 Å². The molecule has 4 heteroatoms. The van der Waals surface area contributed by atoms with Crippen LogP contribution >= 0.6 is 0 Å². The van der Waals surface area contributed by atoms with Crippen molar-refractivity contribution in [1.29, 1.82) is 0 Å². The number of nitrogens with zero attached hydrogens (tertiary/aromatic N) is 3. The Bertz CT molecular complexity index is 162. The summed E-state index contributed by atoms with van der Waals surface area (Å²) in [5.74, 6) is 0. The predicted octanol–water partition coefficient (Wildman–Crippen LogP) is 2.20. The molecule has 0 amide bonds. The molecule has 0 unspecified atom stereocenters. The van der Waals surface area contributed by atoms with Crippen LogP contribution in [0, 0.1) is 4.91 Å². The van der Waals surface area contributed by atoms with Gasteiger partial charge in [0.25, 0.3) is 0 Å². The Morgan fingerprint density at radius 2 is 1.69 bits per heavy atom. The quantitative estimate of drug-likeness (QED) is 0.402. The molecule has 16 heavy (non-hydrogen) atoms. The molecule has 0 saturated heterocycles. The second-order valence-corrected chi connectivity index (χ2v) is 4.56. The zero-order chi connectivity index (χ0) is 12.2. The smallest absolute Gasteiger partial charge is 0.0938 e. The van der Waals surface area contributed by atoms with Gasteiger partial charge in [0.2, 0.25) is 0 Å². The van der Waals surface area contributed by atoms with E-state index >= 15 is 0 Å². The highest BCUT2D eigenvalue weighted by Crippen LogP contribution is 2.01. The fourth-order valence-electron chi connectivity index (χ4n) is 1.62. The van der Waals surface area contributed by atoms with Crippen molar-refractivity contribution >= 4 is 0 Å². The molecular formula is C12H27N3O. The number of unbranched alkanes of at least 4 members (excludes halogenated alkanes) is 3. The molecule has 0 fully saturated rings. The van der Waals surface area contributed by atoms with E-state index < -0.39 is 0 Å². The van der Waals surface area contributed by atoms with Gasteiger partial charge in [-0.2, -0.15) is 4.91 Å². The largest absolute Gasteiger partial charge is 0.308 e. The van der Waals surface area contributed by atoms with E-state index in [1.165, 1.54) is 25.7 Å². The molecule has 0 atom stereocenters. The number of hydrogen-bond donors (Lipinski definition) is 0. The van der Waals surface area contributed by atoms with Crippen LogP contribution in [-0.4, -0.2) is 56.6 Å². The lowest BCUT2D eigenvalue weighted by Crippen LogP contribution is -2.34. The van der Waals surface area contributed by atoms with Gasteiger partial charge in [0.05, 0.1) is 6.54 Å². The van der Waals surface area contributed by atoms with Gasteiger partial charge in [-0.1, -0.05) is 31.4 Å². The van der Waals surface area contributed by atoms with E-state index in [0.717, 1.165) is 26.2 Å². The van der Waals surface area contributed by atoms with Gasteiger partial charge in [0, 0.05) is 19.6 Å². The summed E-state index contributed by atoms with van der Waals surface area (Å²) in [6, 6.07) is 0. The van der Waals surface area contributed by atoms with Gasteiger partial charge in [-0.15, -0.1) is 0 Å². The second kappa shape index (κ2) is 11.0. The van der Waals surface area contributed by atoms with Crippen LogP contribution in [-0.2, 0) is 0 Å². The molecule has 0 bridgehead atoms. The van der Waals surface area contributed by atoms with Crippen LogP contribution in [0.1, 0.15) is 32.6 Å². The minimum Gasteiger partial charge on any atom is -0.308 e. The molecule has 0 aromatic heterocycles. The molecule has 4 nitrogen and oxygen atoms in total. The van der Waals surface area contributed by atoms with Crippen LogP contribution in [0.4, 0.5) is 0 Å². The Hall–Kier alpha value is -0.480. The Morgan fingerprint density at radius 3 is 2.25 bits per heavy atom. The van der Waals surface area contributed by atoms with E-state index in [0.29, 0.717) is 6.54 Å². The van der Waals surface area contributed by atoms with E-state index in [1.807, 2.05) is 0 Å². The summed E-state index contributed by atoms with van der Waals surface area (Å²) in [7, 11) is 4.15. The molecule has 0 aromatic carbocycles. The van der Waals surface area contributed by atoms with Gasteiger partial charge >= 0.3 is 0 Å². The maximum absolute atomic E-state index is 10.1. The number of hydrogen-bond acceptors (Lipinski definition) is 4. The first-order valence-electron chi connectivity index (χ1n) is 6.37. The highest BCUT2D eigenvalue weighted by atomic mass is 16.3. The number of likely N-dealkylation sites (N-methyl/N-ethyl adjacent to an activating group) is 1. The summed E-state index contributed by atoms with van der Waals surface area (Å²) in [6.07, 6.45) is 5.12. The number of rotatable bonds is 11. The highest BCUT2D eigenvalue weighted by molar-refractivity contribution is 4.61. The molecule has 0 aliphatic rings.